The number of carbonyl (C=O) groups excluding carboxylic acids is 2. The van der Waals surface area contributed by atoms with E-state index in [2.05, 4.69) is 5.32 Å². The summed E-state index contributed by atoms with van der Waals surface area (Å²) in [5.74, 6) is 0.934. The Kier molecular flexibility index (Phi) is 5.91. The summed E-state index contributed by atoms with van der Waals surface area (Å²) in [5, 5.41) is 3.18. The van der Waals surface area contributed by atoms with Gasteiger partial charge in [-0.25, -0.2) is 4.90 Å². The Balaban J connectivity index is 1.53. The molecule has 0 radical (unpaired) electrons. The van der Waals surface area contributed by atoms with Gasteiger partial charge in [-0.15, -0.1) is 0 Å². The van der Waals surface area contributed by atoms with Crippen LogP contribution in [0.3, 0.4) is 0 Å². The first-order valence-corrected chi connectivity index (χ1v) is 11.2. The van der Waals surface area contributed by atoms with E-state index in [1.165, 1.54) is 4.90 Å². The average Bonchev–Trinajstić information content (AvgIpc) is 3.12. The second kappa shape index (κ2) is 9.31. The SMILES string of the molecule is CCCOc1cccc(NC2=C(c3ccccc3)C(=O)N(c3ccc4c(c3)OCCO4)C2=O)c1. The minimum absolute atomic E-state index is 0.207. The first-order valence-electron chi connectivity index (χ1n) is 11.2. The Morgan fingerprint density at radius 3 is 2.47 bits per heavy atom. The van der Waals surface area contributed by atoms with E-state index in [9.17, 15) is 9.59 Å². The molecule has 2 aliphatic rings. The highest BCUT2D eigenvalue weighted by atomic mass is 16.6. The van der Waals surface area contributed by atoms with Gasteiger partial charge >= 0.3 is 0 Å². The summed E-state index contributed by atoms with van der Waals surface area (Å²) in [7, 11) is 0. The van der Waals surface area contributed by atoms with Crippen molar-refractivity contribution in [2.45, 2.75) is 13.3 Å². The lowest BCUT2D eigenvalue weighted by atomic mass is 10.0. The molecule has 0 saturated heterocycles. The van der Waals surface area contributed by atoms with Gasteiger partial charge in [0.05, 0.1) is 17.9 Å². The molecule has 7 heteroatoms. The van der Waals surface area contributed by atoms with Crippen molar-refractivity contribution >= 4 is 28.8 Å². The third-order valence-electron chi connectivity index (χ3n) is 5.51. The molecule has 0 bridgehead atoms. The topological polar surface area (TPSA) is 77.1 Å². The molecule has 3 aromatic carbocycles. The Hall–Kier alpha value is -4.26. The number of ether oxygens (including phenoxy) is 3. The zero-order chi connectivity index (χ0) is 23.5. The molecule has 0 atom stereocenters. The van der Waals surface area contributed by atoms with Gasteiger partial charge in [-0.1, -0.05) is 43.3 Å². The van der Waals surface area contributed by atoms with Crippen LogP contribution >= 0.6 is 0 Å². The number of anilines is 2. The second-order valence-corrected chi connectivity index (χ2v) is 7.89. The number of fused-ring (bicyclic) bond motifs is 1. The largest absolute Gasteiger partial charge is 0.494 e. The zero-order valence-electron chi connectivity index (χ0n) is 18.7. The van der Waals surface area contributed by atoms with Gasteiger partial charge in [0.2, 0.25) is 0 Å². The number of carbonyl (C=O) groups is 2. The van der Waals surface area contributed by atoms with Crippen LogP contribution in [0.5, 0.6) is 17.2 Å². The molecule has 2 aliphatic heterocycles. The average molecular weight is 456 g/mol. The number of hydrogen-bond donors (Lipinski definition) is 1. The molecule has 172 valence electrons. The Labute approximate surface area is 197 Å². The standard InChI is InChI=1S/C27H24N2O5/c1-2-13-32-21-10-6-9-19(16-21)28-25-24(18-7-4-3-5-8-18)26(30)29(27(25)31)20-11-12-22-23(17-20)34-15-14-33-22/h3-12,16-17,28H,2,13-15H2,1H3. The smallest absolute Gasteiger partial charge is 0.282 e. The molecule has 0 spiro atoms. The second-order valence-electron chi connectivity index (χ2n) is 7.89. The first-order chi connectivity index (χ1) is 16.7. The van der Waals surface area contributed by atoms with Crippen molar-refractivity contribution in [3.63, 3.8) is 0 Å². The van der Waals surface area contributed by atoms with Crippen molar-refractivity contribution in [2.24, 2.45) is 0 Å². The van der Waals surface area contributed by atoms with Gasteiger partial charge in [-0.2, -0.15) is 0 Å². The van der Waals surface area contributed by atoms with E-state index in [4.69, 9.17) is 14.2 Å². The number of imide groups is 1. The summed E-state index contributed by atoms with van der Waals surface area (Å²) in [6.45, 7) is 3.50. The molecule has 0 unspecified atom stereocenters. The summed E-state index contributed by atoms with van der Waals surface area (Å²) in [5.41, 5.74) is 2.24. The van der Waals surface area contributed by atoms with Crippen molar-refractivity contribution in [3.05, 3.63) is 84.1 Å². The molecule has 0 aromatic heterocycles. The molecule has 2 amide bonds. The lowest BCUT2D eigenvalue weighted by molar-refractivity contribution is -0.120. The predicted molar refractivity (Wildman–Crippen MR) is 129 cm³/mol. The fraction of sp³-hybridized carbons (Fsp3) is 0.185. The highest BCUT2D eigenvalue weighted by molar-refractivity contribution is 6.46. The van der Waals surface area contributed by atoms with Gasteiger partial charge in [0.1, 0.15) is 24.7 Å². The van der Waals surface area contributed by atoms with E-state index in [1.807, 2.05) is 61.5 Å². The van der Waals surface area contributed by atoms with Crippen molar-refractivity contribution in [1.82, 2.24) is 0 Å². The summed E-state index contributed by atoms with van der Waals surface area (Å²) in [6.07, 6.45) is 0.887. The summed E-state index contributed by atoms with van der Waals surface area (Å²) in [4.78, 5) is 28.4. The Bertz CT molecular complexity index is 1270. The molecule has 2 heterocycles. The number of rotatable bonds is 7. The lowest BCUT2D eigenvalue weighted by Crippen LogP contribution is -2.32. The van der Waals surface area contributed by atoms with Crippen molar-refractivity contribution < 1.29 is 23.8 Å². The number of hydrogen-bond acceptors (Lipinski definition) is 6. The summed E-state index contributed by atoms with van der Waals surface area (Å²) in [6, 6.07) is 21.6. The number of nitrogens with zero attached hydrogens (tertiary/aromatic N) is 1. The van der Waals surface area contributed by atoms with Crippen LogP contribution in [-0.4, -0.2) is 31.6 Å². The van der Waals surface area contributed by atoms with Crippen LogP contribution in [0.1, 0.15) is 18.9 Å². The van der Waals surface area contributed by atoms with E-state index in [1.54, 1.807) is 18.2 Å². The van der Waals surface area contributed by atoms with Gasteiger partial charge in [0, 0.05) is 17.8 Å². The van der Waals surface area contributed by atoms with E-state index in [0.717, 1.165) is 6.42 Å². The van der Waals surface area contributed by atoms with E-state index < -0.39 is 11.8 Å². The van der Waals surface area contributed by atoms with Crippen LogP contribution in [0.2, 0.25) is 0 Å². The predicted octanol–water partition coefficient (Wildman–Crippen LogP) is 4.64. The van der Waals surface area contributed by atoms with Gasteiger partial charge < -0.3 is 19.5 Å². The van der Waals surface area contributed by atoms with Crippen molar-refractivity contribution in [1.29, 1.82) is 0 Å². The third kappa shape index (κ3) is 4.08. The maximum absolute atomic E-state index is 13.6. The number of nitrogens with one attached hydrogen (secondary N) is 1. The van der Waals surface area contributed by atoms with Crippen LogP contribution < -0.4 is 24.4 Å². The Morgan fingerprint density at radius 1 is 0.882 bits per heavy atom. The zero-order valence-corrected chi connectivity index (χ0v) is 18.7. The van der Waals surface area contributed by atoms with Gasteiger partial charge in [0.15, 0.2) is 11.5 Å². The van der Waals surface area contributed by atoms with Crippen LogP contribution in [0, 0.1) is 0 Å². The first kappa shape index (κ1) is 21.6. The van der Waals surface area contributed by atoms with Crippen LogP contribution in [-0.2, 0) is 9.59 Å². The van der Waals surface area contributed by atoms with E-state index in [-0.39, 0.29) is 5.70 Å². The molecule has 0 aliphatic carbocycles. The molecular formula is C27H24N2O5. The van der Waals surface area contributed by atoms with Gasteiger partial charge in [0.25, 0.3) is 11.8 Å². The molecule has 3 aromatic rings. The highest BCUT2D eigenvalue weighted by Gasteiger charge is 2.40. The van der Waals surface area contributed by atoms with E-state index >= 15 is 0 Å². The molecule has 7 nitrogen and oxygen atoms in total. The molecule has 5 rings (SSSR count). The quantitative estimate of drug-likeness (QED) is 0.522. The van der Waals surface area contributed by atoms with Gasteiger partial charge in [-0.3, -0.25) is 9.59 Å². The maximum Gasteiger partial charge on any atom is 0.282 e. The fourth-order valence-corrected chi connectivity index (χ4v) is 3.95. The highest BCUT2D eigenvalue weighted by Crippen LogP contribution is 2.38. The maximum atomic E-state index is 13.6. The third-order valence-corrected chi connectivity index (χ3v) is 5.51. The lowest BCUT2D eigenvalue weighted by Gasteiger charge is -2.21. The van der Waals surface area contributed by atoms with Crippen molar-refractivity contribution in [3.8, 4) is 17.2 Å². The molecule has 1 N–H and O–H groups in total. The number of benzene rings is 3. The molecule has 0 fully saturated rings. The Morgan fingerprint density at radius 2 is 1.68 bits per heavy atom. The number of amides is 2. The molecular weight excluding hydrogens is 432 g/mol. The monoisotopic (exact) mass is 456 g/mol. The minimum atomic E-state index is -0.444. The van der Waals surface area contributed by atoms with Crippen LogP contribution in [0.25, 0.3) is 5.57 Å². The van der Waals surface area contributed by atoms with Crippen LogP contribution in [0.4, 0.5) is 11.4 Å². The molecule has 0 saturated carbocycles. The fourth-order valence-electron chi connectivity index (χ4n) is 3.95. The van der Waals surface area contributed by atoms with Gasteiger partial charge in [-0.05, 0) is 36.2 Å². The summed E-state index contributed by atoms with van der Waals surface area (Å²) >= 11 is 0. The van der Waals surface area contributed by atoms with Crippen molar-refractivity contribution in [2.75, 3.05) is 30.0 Å². The van der Waals surface area contributed by atoms with Crippen LogP contribution in [0.15, 0.2) is 78.5 Å². The van der Waals surface area contributed by atoms with E-state index in [0.29, 0.717) is 59.6 Å². The minimum Gasteiger partial charge on any atom is -0.494 e. The molecule has 34 heavy (non-hydrogen) atoms. The summed E-state index contributed by atoms with van der Waals surface area (Å²) < 4.78 is 17.0. The normalized spacial score (nSPS) is 15.0.